The summed E-state index contributed by atoms with van der Waals surface area (Å²) in [5, 5.41) is 2.80. The van der Waals surface area contributed by atoms with Gasteiger partial charge in [-0.25, -0.2) is 4.98 Å². The van der Waals surface area contributed by atoms with E-state index in [9.17, 15) is 4.79 Å². The molecular weight excluding hydrogens is 266 g/mol. The van der Waals surface area contributed by atoms with Gasteiger partial charge in [0.05, 0.1) is 19.0 Å². The van der Waals surface area contributed by atoms with Gasteiger partial charge >= 0.3 is 0 Å². The molecule has 0 unspecified atom stereocenters. The molecule has 1 amide bonds. The van der Waals surface area contributed by atoms with Crippen molar-refractivity contribution in [2.75, 3.05) is 18.2 Å². The Hall–Kier alpha value is -2.56. The number of pyridine rings is 1. The van der Waals surface area contributed by atoms with Crippen molar-refractivity contribution in [2.24, 2.45) is 0 Å². The van der Waals surface area contributed by atoms with E-state index in [4.69, 9.17) is 10.5 Å². The second kappa shape index (κ2) is 7.28. The van der Waals surface area contributed by atoms with Crippen LogP contribution in [0.1, 0.15) is 18.4 Å². The second-order valence-corrected chi connectivity index (χ2v) is 4.72. The van der Waals surface area contributed by atoms with Gasteiger partial charge in [-0.2, -0.15) is 0 Å². The van der Waals surface area contributed by atoms with Gasteiger partial charge in [0.25, 0.3) is 0 Å². The zero-order valence-corrected chi connectivity index (χ0v) is 12.0. The number of anilines is 2. The number of nitrogens with two attached hydrogens (primary N) is 1. The summed E-state index contributed by atoms with van der Waals surface area (Å²) < 4.78 is 5.11. The molecule has 0 radical (unpaired) electrons. The summed E-state index contributed by atoms with van der Waals surface area (Å²) in [6, 6.07) is 11.3. The van der Waals surface area contributed by atoms with Gasteiger partial charge in [-0.1, -0.05) is 12.1 Å². The molecule has 0 saturated heterocycles. The van der Waals surface area contributed by atoms with E-state index in [-0.39, 0.29) is 5.91 Å². The molecule has 0 aliphatic carbocycles. The van der Waals surface area contributed by atoms with Crippen LogP contribution in [0.3, 0.4) is 0 Å². The number of nitrogen functional groups attached to an aromatic ring is 1. The van der Waals surface area contributed by atoms with Crippen molar-refractivity contribution in [1.29, 1.82) is 0 Å². The number of carbonyl (C=O) groups is 1. The molecule has 0 aliphatic heterocycles. The van der Waals surface area contributed by atoms with Crippen LogP contribution in [-0.4, -0.2) is 18.0 Å². The largest absolute Gasteiger partial charge is 0.497 e. The summed E-state index contributed by atoms with van der Waals surface area (Å²) in [5.74, 6) is 1.26. The van der Waals surface area contributed by atoms with Crippen LogP contribution in [-0.2, 0) is 11.2 Å². The Balaban J connectivity index is 1.74. The van der Waals surface area contributed by atoms with Crippen molar-refractivity contribution in [3.63, 3.8) is 0 Å². The third kappa shape index (κ3) is 4.80. The Morgan fingerprint density at radius 1 is 1.24 bits per heavy atom. The molecule has 0 saturated carbocycles. The molecule has 5 heteroatoms. The van der Waals surface area contributed by atoms with Gasteiger partial charge in [0.15, 0.2) is 0 Å². The summed E-state index contributed by atoms with van der Waals surface area (Å²) >= 11 is 0. The highest BCUT2D eigenvalue weighted by molar-refractivity contribution is 5.90. The first-order chi connectivity index (χ1) is 10.2. The van der Waals surface area contributed by atoms with E-state index >= 15 is 0 Å². The summed E-state index contributed by atoms with van der Waals surface area (Å²) in [7, 11) is 1.64. The Morgan fingerprint density at radius 2 is 2.00 bits per heavy atom. The number of hydrogen-bond acceptors (Lipinski definition) is 4. The number of ether oxygens (including phenoxy) is 1. The number of rotatable bonds is 6. The average Bonchev–Trinajstić information content (AvgIpc) is 2.50. The lowest BCUT2D eigenvalue weighted by Crippen LogP contribution is -2.11. The minimum absolute atomic E-state index is 0.0184. The number of hydrogen-bond donors (Lipinski definition) is 2. The number of benzene rings is 1. The quantitative estimate of drug-likeness (QED) is 0.855. The maximum Gasteiger partial charge on any atom is 0.224 e. The number of carbonyl (C=O) groups excluding carboxylic acids is 1. The topological polar surface area (TPSA) is 77.2 Å². The average molecular weight is 285 g/mol. The molecule has 2 rings (SSSR count). The van der Waals surface area contributed by atoms with Crippen molar-refractivity contribution in [2.45, 2.75) is 19.3 Å². The smallest absolute Gasteiger partial charge is 0.224 e. The maximum atomic E-state index is 11.8. The van der Waals surface area contributed by atoms with Crippen LogP contribution >= 0.6 is 0 Å². The molecule has 0 bridgehead atoms. The number of aryl methyl sites for hydroxylation is 1. The molecule has 21 heavy (non-hydrogen) atoms. The molecule has 1 heterocycles. The van der Waals surface area contributed by atoms with Gasteiger partial charge < -0.3 is 15.8 Å². The maximum absolute atomic E-state index is 11.8. The zero-order chi connectivity index (χ0) is 15.1. The number of methoxy groups -OCH3 is 1. The third-order valence-corrected chi connectivity index (χ3v) is 3.10. The predicted molar refractivity (Wildman–Crippen MR) is 83.2 cm³/mol. The van der Waals surface area contributed by atoms with Crippen molar-refractivity contribution in [3.8, 4) is 5.75 Å². The first-order valence-electron chi connectivity index (χ1n) is 6.81. The van der Waals surface area contributed by atoms with E-state index in [1.54, 1.807) is 25.4 Å². The molecule has 0 spiro atoms. The summed E-state index contributed by atoms with van der Waals surface area (Å²) in [6.45, 7) is 0. The molecule has 110 valence electrons. The van der Waals surface area contributed by atoms with Crippen LogP contribution in [0.5, 0.6) is 5.75 Å². The molecule has 1 aromatic heterocycles. The molecule has 0 atom stereocenters. The van der Waals surface area contributed by atoms with E-state index < -0.39 is 0 Å². The fraction of sp³-hybridized carbons (Fsp3) is 0.250. The van der Waals surface area contributed by atoms with Gasteiger partial charge in [0.1, 0.15) is 11.6 Å². The van der Waals surface area contributed by atoms with Crippen LogP contribution < -0.4 is 15.8 Å². The fourth-order valence-corrected chi connectivity index (χ4v) is 1.95. The van der Waals surface area contributed by atoms with E-state index in [0.717, 1.165) is 18.6 Å². The Labute approximate surface area is 124 Å². The monoisotopic (exact) mass is 285 g/mol. The number of nitrogens with one attached hydrogen (secondary N) is 1. The van der Waals surface area contributed by atoms with Crippen molar-refractivity contribution in [1.82, 2.24) is 4.98 Å². The van der Waals surface area contributed by atoms with Crippen LogP contribution in [0.25, 0.3) is 0 Å². The van der Waals surface area contributed by atoms with E-state index in [2.05, 4.69) is 10.3 Å². The molecule has 0 fully saturated rings. The van der Waals surface area contributed by atoms with Crippen molar-refractivity contribution >= 4 is 17.4 Å². The highest BCUT2D eigenvalue weighted by atomic mass is 16.5. The van der Waals surface area contributed by atoms with Crippen molar-refractivity contribution in [3.05, 3.63) is 48.2 Å². The van der Waals surface area contributed by atoms with Gasteiger partial charge in [-0.15, -0.1) is 0 Å². The molecule has 0 aliphatic rings. The van der Waals surface area contributed by atoms with E-state index in [0.29, 0.717) is 17.9 Å². The fourth-order valence-electron chi connectivity index (χ4n) is 1.95. The lowest BCUT2D eigenvalue weighted by molar-refractivity contribution is -0.116. The highest BCUT2D eigenvalue weighted by Crippen LogP contribution is 2.13. The Kier molecular flexibility index (Phi) is 5.15. The first kappa shape index (κ1) is 14.8. The summed E-state index contributed by atoms with van der Waals surface area (Å²) in [4.78, 5) is 15.7. The Morgan fingerprint density at radius 3 is 2.62 bits per heavy atom. The van der Waals surface area contributed by atoms with Gasteiger partial charge in [0.2, 0.25) is 5.91 Å². The van der Waals surface area contributed by atoms with E-state index in [1.807, 2.05) is 24.3 Å². The number of amides is 1. The summed E-state index contributed by atoms with van der Waals surface area (Å²) in [6.07, 6.45) is 3.67. The second-order valence-electron chi connectivity index (χ2n) is 4.72. The van der Waals surface area contributed by atoms with Crippen LogP contribution in [0.2, 0.25) is 0 Å². The lowest BCUT2D eigenvalue weighted by atomic mass is 10.1. The summed E-state index contributed by atoms with van der Waals surface area (Å²) in [5.41, 5.74) is 7.35. The van der Waals surface area contributed by atoms with Gasteiger partial charge in [0, 0.05) is 6.42 Å². The number of aromatic nitrogens is 1. The minimum Gasteiger partial charge on any atom is -0.497 e. The van der Waals surface area contributed by atoms with Gasteiger partial charge in [-0.3, -0.25) is 4.79 Å². The zero-order valence-electron chi connectivity index (χ0n) is 12.0. The minimum atomic E-state index is -0.0184. The highest BCUT2D eigenvalue weighted by Gasteiger charge is 2.03. The predicted octanol–water partition coefficient (Wildman–Crippen LogP) is 2.63. The van der Waals surface area contributed by atoms with Gasteiger partial charge in [-0.05, 0) is 42.7 Å². The van der Waals surface area contributed by atoms with Crippen molar-refractivity contribution < 1.29 is 9.53 Å². The molecule has 2 aromatic rings. The molecular formula is C16H19N3O2. The first-order valence-corrected chi connectivity index (χ1v) is 6.81. The van der Waals surface area contributed by atoms with Crippen LogP contribution in [0.4, 0.5) is 11.5 Å². The number of nitrogens with zero attached hydrogens (tertiary/aromatic N) is 1. The van der Waals surface area contributed by atoms with Crippen LogP contribution in [0, 0.1) is 0 Å². The van der Waals surface area contributed by atoms with E-state index in [1.165, 1.54) is 5.56 Å². The molecule has 1 aromatic carbocycles. The lowest BCUT2D eigenvalue weighted by Gasteiger charge is -2.06. The third-order valence-electron chi connectivity index (χ3n) is 3.10. The SMILES string of the molecule is COc1ccc(CCCC(=O)Nc2ccc(N)nc2)cc1. The molecule has 5 nitrogen and oxygen atoms in total. The van der Waals surface area contributed by atoms with Crippen LogP contribution in [0.15, 0.2) is 42.6 Å². The Bertz CT molecular complexity index is 579. The standard InChI is InChI=1S/C16H19N3O2/c1-21-14-8-5-12(6-9-14)3-2-4-16(20)19-13-7-10-15(17)18-11-13/h5-11H,2-4H2,1H3,(H2,17,18)(H,19,20). The normalized spacial score (nSPS) is 10.1. The molecule has 3 N–H and O–H groups in total.